The molecule has 338 valence electrons. The molecule has 4 heteroatoms. The second kappa shape index (κ2) is 24.9. The maximum Gasteiger partial charge on any atom is 0.126 e. The van der Waals surface area contributed by atoms with Gasteiger partial charge in [0, 0.05) is 0 Å². The molecule has 3 unspecified atom stereocenters. The zero-order chi connectivity index (χ0) is 43.8. The van der Waals surface area contributed by atoms with Crippen LogP contribution >= 0.6 is 0 Å². The fourth-order valence-electron chi connectivity index (χ4n) is 9.78. The number of hydrogen-bond donors (Lipinski definition) is 2. The van der Waals surface area contributed by atoms with E-state index in [1.807, 2.05) is 32.0 Å². The number of phenols is 2. The molecular weight excluding hydrogens is 725 g/mol. The van der Waals surface area contributed by atoms with Crippen LogP contribution in [0.15, 0.2) is 18.2 Å². The van der Waals surface area contributed by atoms with Crippen LogP contribution in [0.1, 0.15) is 225 Å². The highest BCUT2D eigenvalue weighted by Gasteiger charge is 2.34. The highest BCUT2D eigenvalue weighted by molar-refractivity contribution is 5.53. The van der Waals surface area contributed by atoms with E-state index in [9.17, 15) is 10.2 Å². The van der Waals surface area contributed by atoms with Crippen LogP contribution in [0.2, 0.25) is 0 Å². The Morgan fingerprint density at radius 1 is 0.492 bits per heavy atom. The van der Waals surface area contributed by atoms with Crippen molar-refractivity contribution < 1.29 is 19.7 Å². The molecule has 2 aromatic carbocycles. The summed E-state index contributed by atoms with van der Waals surface area (Å²) in [6, 6.07) is 5.59. The maximum atomic E-state index is 10.1. The second-order valence-electron chi connectivity index (χ2n) is 21.7. The van der Waals surface area contributed by atoms with Crippen LogP contribution in [0.25, 0.3) is 0 Å². The highest BCUT2D eigenvalue weighted by atomic mass is 16.5. The Hall–Kier alpha value is -2.36. The van der Waals surface area contributed by atoms with E-state index >= 15 is 0 Å². The van der Waals surface area contributed by atoms with E-state index in [1.54, 1.807) is 0 Å². The number of phenolic OH excluding ortho intramolecular Hbond substituents is 2. The van der Waals surface area contributed by atoms with E-state index in [1.165, 1.54) is 108 Å². The Morgan fingerprint density at radius 3 is 1.29 bits per heavy atom. The molecule has 4 nitrogen and oxygen atoms in total. The van der Waals surface area contributed by atoms with Crippen molar-refractivity contribution in [2.75, 3.05) is 0 Å². The van der Waals surface area contributed by atoms with Crippen LogP contribution in [0.4, 0.5) is 0 Å². The molecule has 0 bridgehead atoms. The van der Waals surface area contributed by atoms with Crippen LogP contribution in [-0.2, 0) is 12.8 Å². The molecule has 0 aromatic heterocycles. The van der Waals surface area contributed by atoms with Gasteiger partial charge in [-0.2, -0.15) is 0 Å². The number of benzene rings is 2. The van der Waals surface area contributed by atoms with E-state index in [4.69, 9.17) is 9.47 Å². The first-order valence-electron chi connectivity index (χ1n) is 24.8. The zero-order valence-corrected chi connectivity index (χ0v) is 41.0. The van der Waals surface area contributed by atoms with E-state index in [2.05, 4.69) is 76.2 Å². The smallest absolute Gasteiger partial charge is 0.126 e. The molecule has 0 saturated heterocycles. The van der Waals surface area contributed by atoms with Crippen molar-refractivity contribution in [3.63, 3.8) is 0 Å². The van der Waals surface area contributed by atoms with Crippen molar-refractivity contribution in [1.29, 1.82) is 0 Å². The van der Waals surface area contributed by atoms with Gasteiger partial charge in [-0.3, -0.25) is 0 Å². The van der Waals surface area contributed by atoms with Crippen LogP contribution in [0.3, 0.4) is 0 Å². The molecule has 0 spiro atoms. The molecule has 2 aromatic rings. The summed E-state index contributed by atoms with van der Waals surface area (Å²) in [4.78, 5) is 0. The summed E-state index contributed by atoms with van der Waals surface area (Å²) in [6.45, 7) is 29.7. The number of aryl methyl sites for hydroxylation is 3. The van der Waals surface area contributed by atoms with Gasteiger partial charge in [0.1, 0.15) is 34.2 Å². The third-order valence-electron chi connectivity index (χ3n) is 14.3. The molecule has 2 aliphatic rings. The SMILES string of the molecule is Cc1c(O)cc2c(c1C)OC(C)(CCCC(C)CCCC(C)CCCC(C)C)CC2.Cc1cc(O)cc2c1O[C@](C)(CCC[C@H](C)CCC[C@H](C)CCCC(C)C)CC2. The lowest BCUT2D eigenvalue weighted by Gasteiger charge is -2.37. The minimum Gasteiger partial charge on any atom is -0.508 e. The van der Waals surface area contributed by atoms with Crippen molar-refractivity contribution >= 4 is 0 Å². The summed E-state index contributed by atoms with van der Waals surface area (Å²) in [7, 11) is 0. The average Bonchev–Trinajstić information content (AvgIpc) is 3.15. The number of aromatic hydroxyl groups is 2. The molecule has 0 aliphatic carbocycles. The third-order valence-corrected chi connectivity index (χ3v) is 14.3. The minimum atomic E-state index is -0.0637. The molecule has 0 saturated carbocycles. The fourth-order valence-corrected chi connectivity index (χ4v) is 9.78. The monoisotopic (exact) mass is 819 g/mol. The van der Waals surface area contributed by atoms with Gasteiger partial charge < -0.3 is 19.7 Å². The van der Waals surface area contributed by atoms with Gasteiger partial charge in [0.15, 0.2) is 0 Å². The Morgan fingerprint density at radius 2 is 0.864 bits per heavy atom. The van der Waals surface area contributed by atoms with E-state index < -0.39 is 0 Å². The van der Waals surface area contributed by atoms with Crippen LogP contribution < -0.4 is 9.47 Å². The topological polar surface area (TPSA) is 58.9 Å². The van der Waals surface area contributed by atoms with Gasteiger partial charge in [0.2, 0.25) is 0 Å². The van der Waals surface area contributed by atoms with Gasteiger partial charge in [-0.15, -0.1) is 0 Å². The Kier molecular flexibility index (Phi) is 21.5. The Bertz CT molecular complexity index is 1510. The average molecular weight is 819 g/mol. The molecule has 6 atom stereocenters. The summed E-state index contributed by atoms with van der Waals surface area (Å²) in [6.07, 6.45) is 28.1. The van der Waals surface area contributed by atoms with Gasteiger partial charge in [-0.1, -0.05) is 145 Å². The lowest BCUT2D eigenvalue weighted by Crippen LogP contribution is -2.36. The predicted octanol–water partition coefficient (Wildman–Crippen LogP) is 16.8. The summed E-state index contributed by atoms with van der Waals surface area (Å²) >= 11 is 0. The Balaban J connectivity index is 0.000000316. The number of rotatable bonds is 24. The van der Waals surface area contributed by atoms with Crippen molar-refractivity contribution in [2.45, 2.75) is 242 Å². The van der Waals surface area contributed by atoms with Gasteiger partial charge in [-0.05, 0) is 168 Å². The maximum absolute atomic E-state index is 10.1. The second-order valence-corrected chi connectivity index (χ2v) is 21.7. The summed E-state index contributed by atoms with van der Waals surface area (Å²) in [5, 5.41) is 19.9. The Labute approximate surface area is 365 Å². The van der Waals surface area contributed by atoms with Gasteiger partial charge >= 0.3 is 0 Å². The van der Waals surface area contributed by atoms with Crippen LogP contribution in [0, 0.1) is 56.3 Å². The minimum absolute atomic E-state index is 0.0562. The molecule has 59 heavy (non-hydrogen) atoms. The normalized spacial score (nSPS) is 20.8. The number of ether oxygens (including phenoxy) is 2. The third kappa shape index (κ3) is 18.3. The molecule has 0 amide bonds. The molecular formula is C55H94O4. The van der Waals surface area contributed by atoms with Gasteiger partial charge in [0.25, 0.3) is 0 Å². The van der Waals surface area contributed by atoms with Gasteiger partial charge in [-0.25, -0.2) is 0 Å². The van der Waals surface area contributed by atoms with E-state index in [0.29, 0.717) is 11.5 Å². The molecule has 2 aliphatic heterocycles. The van der Waals surface area contributed by atoms with Gasteiger partial charge in [0.05, 0.1) is 0 Å². The highest BCUT2D eigenvalue weighted by Crippen LogP contribution is 2.43. The summed E-state index contributed by atoms with van der Waals surface area (Å²) < 4.78 is 13.0. The molecule has 4 rings (SSSR count). The first kappa shape index (κ1) is 51.0. The van der Waals surface area contributed by atoms with Crippen molar-refractivity contribution in [3.05, 3.63) is 46.0 Å². The molecule has 2 heterocycles. The largest absolute Gasteiger partial charge is 0.508 e. The fraction of sp³-hybridized carbons (Fsp3) is 0.782. The van der Waals surface area contributed by atoms with Crippen molar-refractivity contribution in [1.82, 2.24) is 0 Å². The van der Waals surface area contributed by atoms with Crippen molar-refractivity contribution in [2.24, 2.45) is 35.5 Å². The molecule has 0 radical (unpaired) electrons. The number of fused-ring (bicyclic) bond motifs is 2. The standard InChI is InChI=1S/C28H48O2.C27H46O2/c1-20(2)11-8-12-21(3)13-9-14-22(4)15-10-17-28(7)18-16-25-19-26(29)23(5)24(6)27(25)30-28;1-20(2)10-7-11-21(3)12-8-13-22(4)14-9-16-27(6)17-15-24-19-25(28)18-23(5)26(24)29-27/h19-22,29H,8-18H2,1-7H3;18-22,28H,7-17H2,1-6H3/t;21-,22-,27-/m.1/s1. The lowest BCUT2D eigenvalue weighted by molar-refractivity contribution is 0.0511. The summed E-state index contributed by atoms with van der Waals surface area (Å²) in [5.74, 6) is 7.90. The first-order valence-corrected chi connectivity index (χ1v) is 24.8. The van der Waals surface area contributed by atoms with E-state index in [0.717, 1.165) is 108 Å². The molecule has 2 N–H and O–H groups in total. The van der Waals surface area contributed by atoms with Crippen LogP contribution in [0.5, 0.6) is 23.0 Å². The first-order chi connectivity index (χ1) is 27.8. The van der Waals surface area contributed by atoms with Crippen LogP contribution in [-0.4, -0.2) is 21.4 Å². The quantitative estimate of drug-likeness (QED) is 0.111. The molecule has 0 fully saturated rings. The number of hydrogen-bond acceptors (Lipinski definition) is 4. The zero-order valence-electron chi connectivity index (χ0n) is 41.0. The van der Waals surface area contributed by atoms with E-state index in [-0.39, 0.29) is 11.2 Å². The predicted molar refractivity (Wildman–Crippen MR) is 255 cm³/mol. The lowest BCUT2D eigenvalue weighted by atomic mass is 9.85. The van der Waals surface area contributed by atoms with Crippen molar-refractivity contribution in [3.8, 4) is 23.0 Å². The summed E-state index contributed by atoms with van der Waals surface area (Å²) in [5.41, 5.74) is 5.32.